The Labute approximate surface area is 73.4 Å². The van der Waals surface area contributed by atoms with Gasteiger partial charge in [-0.25, -0.2) is 0 Å². The minimum atomic E-state index is 0.216. The van der Waals surface area contributed by atoms with Gasteiger partial charge in [0.2, 0.25) is 0 Å². The van der Waals surface area contributed by atoms with Gasteiger partial charge in [-0.15, -0.1) is 0 Å². The van der Waals surface area contributed by atoms with Crippen LogP contribution in [0.4, 0.5) is 0 Å². The Bertz CT molecular complexity index is 159. The fourth-order valence-electron chi connectivity index (χ4n) is 1.76. The van der Waals surface area contributed by atoms with Crippen LogP contribution in [-0.2, 0) is 4.79 Å². The molecule has 1 rings (SSSR count). The number of likely N-dealkylation sites (tertiary alicyclic amines) is 1. The lowest BCUT2D eigenvalue weighted by Gasteiger charge is -2.30. The average molecular weight is 171 g/mol. The standard InChI is InChI=1S/C9H17NO2/c1-8(12)5-10-4-2-3-9(6-10)7-11/h9,11H,2-7H2,1H3. The van der Waals surface area contributed by atoms with E-state index in [2.05, 4.69) is 4.90 Å². The van der Waals surface area contributed by atoms with E-state index in [0.29, 0.717) is 12.5 Å². The van der Waals surface area contributed by atoms with Crippen molar-refractivity contribution in [1.29, 1.82) is 0 Å². The van der Waals surface area contributed by atoms with E-state index in [1.165, 1.54) is 0 Å². The van der Waals surface area contributed by atoms with Gasteiger partial charge in [0.05, 0.1) is 6.54 Å². The highest BCUT2D eigenvalue weighted by Gasteiger charge is 2.19. The lowest BCUT2D eigenvalue weighted by molar-refractivity contribution is -0.118. The number of ketones is 1. The fourth-order valence-corrected chi connectivity index (χ4v) is 1.76. The normalized spacial score (nSPS) is 25.7. The molecule has 0 spiro atoms. The van der Waals surface area contributed by atoms with Crippen molar-refractivity contribution in [2.24, 2.45) is 5.92 Å². The topological polar surface area (TPSA) is 40.5 Å². The summed E-state index contributed by atoms with van der Waals surface area (Å²) in [5.41, 5.74) is 0. The van der Waals surface area contributed by atoms with E-state index < -0.39 is 0 Å². The van der Waals surface area contributed by atoms with Crippen LogP contribution in [0.25, 0.3) is 0 Å². The van der Waals surface area contributed by atoms with Gasteiger partial charge in [-0.05, 0) is 32.2 Å². The second-order valence-electron chi connectivity index (χ2n) is 3.63. The van der Waals surface area contributed by atoms with E-state index in [4.69, 9.17) is 5.11 Å². The van der Waals surface area contributed by atoms with Crippen LogP contribution in [0.3, 0.4) is 0 Å². The minimum absolute atomic E-state index is 0.216. The number of aliphatic hydroxyl groups excluding tert-OH is 1. The number of aliphatic hydroxyl groups is 1. The quantitative estimate of drug-likeness (QED) is 0.663. The van der Waals surface area contributed by atoms with Crippen LogP contribution < -0.4 is 0 Å². The van der Waals surface area contributed by atoms with Gasteiger partial charge < -0.3 is 5.11 Å². The molecule has 70 valence electrons. The molecule has 0 aromatic carbocycles. The van der Waals surface area contributed by atoms with Crippen molar-refractivity contribution in [2.75, 3.05) is 26.2 Å². The highest BCUT2D eigenvalue weighted by molar-refractivity contribution is 5.77. The Hall–Kier alpha value is -0.410. The Morgan fingerprint density at radius 2 is 2.42 bits per heavy atom. The van der Waals surface area contributed by atoms with Gasteiger partial charge in [-0.3, -0.25) is 9.69 Å². The summed E-state index contributed by atoms with van der Waals surface area (Å²) in [5.74, 6) is 0.603. The zero-order valence-corrected chi connectivity index (χ0v) is 7.62. The number of carbonyl (C=O) groups excluding carboxylic acids is 1. The van der Waals surface area contributed by atoms with Gasteiger partial charge in [-0.2, -0.15) is 0 Å². The fraction of sp³-hybridized carbons (Fsp3) is 0.889. The Morgan fingerprint density at radius 1 is 1.67 bits per heavy atom. The molecule has 0 aliphatic carbocycles. The zero-order valence-electron chi connectivity index (χ0n) is 7.62. The van der Waals surface area contributed by atoms with Crippen LogP contribution in [-0.4, -0.2) is 42.0 Å². The third-order valence-corrected chi connectivity index (χ3v) is 2.31. The molecule has 0 amide bonds. The molecule has 1 saturated heterocycles. The number of hydrogen-bond acceptors (Lipinski definition) is 3. The lowest BCUT2D eigenvalue weighted by atomic mass is 9.99. The first-order chi connectivity index (χ1) is 5.72. The van der Waals surface area contributed by atoms with Crippen LogP contribution in [0.1, 0.15) is 19.8 Å². The van der Waals surface area contributed by atoms with Gasteiger partial charge in [-0.1, -0.05) is 0 Å². The molecule has 1 fully saturated rings. The molecule has 12 heavy (non-hydrogen) atoms. The van der Waals surface area contributed by atoms with E-state index in [0.717, 1.165) is 25.9 Å². The van der Waals surface area contributed by atoms with Gasteiger partial charge in [0.15, 0.2) is 0 Å². The molecule has 0 saturated carbocycles. The molecular weight excluding hydrogens is 154 g/mol. The summed E-state index contributed by atoms with van der Waals surface area (Å²) < 4.78 is 0. The van der Waals surface area contributed by atoms with E-state index in [-0.39, 0.29) is 12.4 Å². The number of hydrogen-bond donors (Lipinski definition) is 1. The van der Waals surface area contributed by atoms with Crippen LogP contribution >= 0.6 is 0 Å². The third-order valence-electron chi connectivity index (χ3n) is 2.31. The smallest absolute Gasteiger partial charge is 0.143 e. The molecule has 3 heteroatoms. The second kappa shape index (κ2) is 4.58. The number of carbonyl (C=O) groups is 1. The molecule has 1 heterocycles. The van der Waals surface area contributed by atoms with E-state index in [1.54, 1.807) is 6.92 Å². The maximum atomic E-state index is 10.8. The first kappa shape index (κ1) is 9.68. The maximum Gasteiger partial charge on any atom is 0.143 e. The number of nitrogens with zero attached hydrogens (tertiary/aromatic N) is 1. The van der Waals surface area contributed by atoms with Crippen molar-refractivity contribution in [1.82, 2.24) is 4.90 Å². The summed E-state index contributed by atoms with van der Waals surface area (Å²) in [5, 5.41) is 8.93. The predicted octanol–water partition coefficient (Wildman–Crippen LogP) is 0.280. The van der Waals surface area contributed by atoms with Crippen molar-refractivity contribution < 1.29 is 9.90 Å². The molecule has 0 radical (unpaired) electrons. The molecule has 1 aliphatic rings. The lowest BCUT2D eigenvalue weighted by Crippen LogP contribution is -2.39. The summed E-state index contributed by atoms with van der Waals surface area (Å²) in [6.07, 6.45) is 2.21. The van der Waals surface area contributed by atoms with Crippen LogP contribution in [0.5, 0.6) is 0 Å². The summed E-state index contributed by atoms with van der Waals surface area (Å²) in [6, 6.07) is 0. The zero-order chi connectivity index (χ0) is 8.97. The Kier molecular flexibility index (Phi) is 3.69. The first-order valence-electron chi connectivity index (χ1n) is 4.55. The highest BCUT2D eigenvalue weighted by atomic mass is 16.3. The number of Topliss-reactive ketones (excluding diaryl/α,β-unsaturated/α-hetero) is 1. The molecule has 0 aromatic heterocycles. The van der Waals surface area contributed by atoms with Crippen molar-refractivity contribution >= 4 is 5.78 Å². The molecular formula is C9H17NO2. The summed E-state index contributed by atoms with van der Waals surface area (Å²) >= 11 is 0. The second-order valence-corrected chi connectivity index (χ2v) is 3.63. The van der Waals surface area contributed by atoms with Gasteiger partial charge >= 0.3 is 0 Å². The molecule has 0 bridgehead atoms. The van der Waals surface area contributed by atoms with Crippen LogP contribution in [0.2, 0.25) is 0 Å². The molecule has 0 aromatic rings. The van der Waals surface area contributed by atoms with Crippen LogP contribution in [0.15, 0.2) is 0 Å². The van der Waals surface area contributed by atoms with Crippen molar-refractivity contribution in [3.05, 3.63) is 0 Å². The molecule has 3 nitrogen and oxygen atoms in total. The monoisotopic (exact) mass is 171 g/mol. The minimum Gasteiger partial charge on any atom is -0.396 e. The molecule has 1 aliphatic heterocycles. The maximum absolute atomic E-state index is 10.8. The van der Waals surface area contributed by atoms with Crippen molar-refractivity contribution in [2.45, 2.75) is 19.8 Å². The molecule has 1 unspecified atom stereocenters. The Morgan fingerprint density at radius 3 is 3.00 bits per heavy atom. The predicted molar refractivity (Wildman–Crippen MR) is 46.9 cm³/mol. The van der Waals surface area contributed by atoms with Gasteiger partial charge in [0, 0.05) is 13.2 Å². The van der Waals surface area contributed by atoms with E-state index >= 15 is 0 Å². The highest BCUT2D eigenvalue weighted by Crippen LogP contribution is 2.14. The van der Waals surface area contributed by atoms with E-state index in [1.807, 2.05) is 0 Å². The summed E-state index contributed by atoms with van der Waals surface area (Å²) in [7, 11) is 0. The SMILES string of the molecule is CC(=O)CN1CCCC(CO)C1. The Balaban J connectivity index is 2.30. The summed E-state index contributed by atoms with van der Waals surface area (Å²) in [4.78, 5) is 12.9. The average Bonchev–Trinajstić information content (AvgIpc) is 2.03. The number of piperidine rings is 1. The van der Waals surface area contributed by atoms with Gasteiger partial charge in [0.25, 0.3) is 0 Å². The largest absolute Gasteiger partial charge is 0.396 e. The molecule has 1 N–H and O–H groups in total. The molecule has 1 atom stereocenters. The van der Waals surface area contributed by atoms with Crippen molar-refractivity contribution in [3.8, 4) is 0 Å². The van der Waals surface area contributed by atoms with Crippen LogP contribution in [0, 0.1) is 5.92 Å². The summed E-state index contributed by atoms with van der Waals surface area (Å²) in [6.45, 7) is 4.32. The third kappa shape index (κ3) is 2.91. The first-order valence-corrected chi connectivity index (χ1v) is 4.55. The number of rotatable bonds is 3. The van der Waals surface area contributed by atoms with Crippen molar-refractivity contribution in [3.63, 3.8) is 0 Å². The van der Waals surface area contributed by atoms with E-state index in [9.17, 15) is 4.79 Å². The van der Waals surface area contributed by atoms with Gasteiger partial charge in [0.1, 0.15) is 5.78 Å².